The van der Waals surface area contributed by atoms with Crippen LogP contribution in [0.2, 0.25) is 0 Å². The van der Waals surface area contributed by atoms with Gasteiger partial charge in [-0.05, 0) is 30.3 Å². The molecule has 0 aliphatic rings. The number of nitrogens with zero attached hydrogens (tertiary/aromatic N) is 1. The molecule has 0 spiro atoms. The molecule has 0 aliphatic heterocycles. The monoisotopic (exact) mass is 234 g/mol. The minimum atomic E-state index is -0.231. The van der Waals surface area contributed by atoms with Crippen molar-refractivity contribution < 1.29 is 8.81 Å². The Morgan fingerprint density at radius 3 is 2.59 bits per heavy atom. The molecule has 1 heterocycles. The highest BCUT2D eigenvalue weighted by Crippen LogP contribution is 2.17. The average Bonchev–Trinajstić information content (AvgIpc) is 2.77. The number of hydrogen-bond acceptors (Lipinski definition) is 3. The van der Waals surface area contributed by atoms with E-state index in [0.717, 1.165) is 17.0 Å². The van der Waals surface area contributed by atoms with E-state index in [0.29, 0.717) is 13.1 Å². The Labute approximate surface area is 99.6 Å². The van der Waals surface area contributed by atoms with Gasteiger partial charge < -0.3 is 15.1 Å². The predicted molar refractivity (Wildman–Crippen MR) is 65.1 cm³/mol. The highest BCUT2D eigenvalue weighted by Gasteiger charge is 2.06. The van der Waals surface area contributed by atoms with Crippen molar-refractivity contribution in [3.05, 3.63) is 53.7 Å². The summed E-state index contributed by atoms with van der Waals surface area (Å²) in [6, 6.07) is 8.29. The van der Waals surface area contributed by atoms with Crippen molar-refractivity contribution in [1.29, 1.82) is 0 Å². The Morgan fingerprint density at radius 1 is 1.29 bits per heavy atom. The van der Waals surface area contributed by atoms with Gasteiger partial charge in [0.25, 0.3) is 0 Å². The summed E-state index contributed by atoms with van der Waals surface area (Å²) in [4.78, 5) is 1.98. The van der Waals surface area contributed by atoms with Crippen LogP contribution in [0.5, 0.6) is 0 Å². The number of anilines is 1. The lowest BCUT2D eigenvalue weighted by Gasteiger charge is -2.17. The van der Waals surface area contributed by atoms with Crippen molar-refractivity contribution in [3.63, 3.8) is 0 Å². The normalized spacial score (nSPS) is 10.5. The standard InChI is InChI=1S/C13H15FN2O/c1-16(12-4-2-11(14)3-5-12)8-13-6-10(7-15)9-17-13/h2-6,9H,7-8,15H2,1H3. The third-order valence-electron chi connectivity index (χ3n) is 2.60. The van der Waals surface area contributed by atoms with Crippen LogP contribution in [0, 0.1) is 5.82 Å². The van der Waals surface area contributed by atoms with Crippen LogP contribution in [0.15, 0.2) is 41.0 Å². The van der Waals surface area contributed by atoms with Gasteiger partial charge in [0.05, 0.1) is 12.8 Å². The highest BCUT2D eigenvalue weighted by atomic mass is 19.1. The fourth-order valence-corrected chi connectivity index (χ4v) is 1.64. The van der Waals surface area contributed by atoms with Crippen molar-refractivity contribution >= 4 is 5.69 Å². The first kappa shape index (κ1) is 11.7. The fourth-order valence-electron chi connectivity index (χ4n) is 1.64. The number of nitrogens with two attached hydrogens (primary N) is 1. The quantitative estimate of drug-likeness (QED) is 0.883. The predicted octanol–water partition coefficient (Wildman–Crippen LogP) is 2.51. The Hall–Kier alpha value is -1.81. The maximum absolute atomic E-state index is 12.8. The molecule has 4 heteroatoms. The molecule has 0 amide bonds. The summed E-state index contributed by atoms with van der Waals surface area (Å²) in [5.41, 5.74) is 7.43. The van der Waals surface area contributed by atoms with Gasteiger partial charge >= 0.3 is 0 Å². The second kappa shape index (κ2) is 5.01. The molecule has 0 unspecified atom stereocenters. The van der Waals surface area contributed by atoms with E-state index >= 15 is 0 Å². The molecular formula is C13H15FN2O. The van der Waals surface area contributed by atoms with Crippen LogP contribution in [-0.2, 0) is 13.1 Å². The van der Waals surface area contributed by atoms with Crippen molar-refractivity contribution in [2.24, 2.45) is 5.73 Å². The van der Waals surface area contributed by atoms with Gasteiger partial charge in [0, 0.05) is 24.8 Å². The number of benzene rings is 1. The number of furan rings is 1. The van der Waals surface area contributed by atoms with E-state index in [9.17, 15) is 4.39 Å². The van der Waals surface area contributed by atoms with Gasteiger partial charge in [0.1, 0.15) is 11.6 Å². The number of halogens is 1. The van der Waals surface area contributed by atoms with Crippen molar-refractivity contribution in [2.45, 2.75) is 13.1 Å². The lowest BCUT2D eigenvalue weighted by molar-refractivity contribution is 0.505. The van der Waals surface area contributed by atoms with Gasteiger partial charge in [-0.1, -0.05) is 0 Å². The zero-order chi connectivity index (χ0) is 12.3. The Bertz CT molecular complexity index is 478. The van der Waals surface area contributed by atoms with Crippen LogP contribution in [0.3, 0.4) is 0 Å². The molecular weight excluding hydrogens is 219 g/mol. The summed E-state index contributed by atoms with van der Waals surface area (Å²) in [6.45, 7) is 1.11. The SMILES string of the molecule is CN(Cc1cc(CN)co1)c1ccc(F)cc1. The first-order chi connectivity index (χ1) is 8.19. The van der Waals surface area contributed by atoms with E-state index in [4.69, 9.17) is 10.2 Å². The second-order valence-electron chi connectivity index (χ2n) is 3.96. The Morgan fingerprint density at radius 2 is 2.00 bits per heavy atom. The van der Waals surface area contributed by atoms with Crippen molar-refractivity contribution in [2.75, 3.05) is 11.9 Å². The van der Waals surface area contributed by atoms with E-state index in [-0.39, 0.29) is 5.82 Å². The summed E-state index contributed by atoms with van der Waals surface area (Å²) in [5, 5.41) is 0. The molecule has 17 heavy (non-hydrogen) atoms. The zero-order valence-corrected chi connectivity index (χ0v) is 9.69. The molecule has 0 radical (unpaired) electrons. The fraction of sp³-hybridized carbons (Fsp3) is 0.231. The van der Waals surface area contributed by atoms with Crippen molar-refractivity contribution in [1.82, 2.24) is 0 Å². The minimum Gasteiger partial charge on any atom is -0.467 e. The number of rotatable bonds is 4. The zero-order valence-electron chi connectivity index (χ0n) is 9.69. The molecule has 90 valence electrons. The lowest BCUT2D eigenvalue weighted by Crippen LogP contribution is -2.15. The molecule has 1 aromatic heterocycles. The molecule has 0 atom stereocenters. The molecule has 2 N–H and O–H groups in total. The van der Waals surface area contributed by atoms with Crippen LogP contribution in [0.1, 0.15) is 11.3 Å². The third kappa shape index (κ3) is 2.85. The first-order valence-electron chi connectivity index (χ1n) is 5.42. The summed E-state index contributed by atoms with van der Waals surface area (Å²) in [7, 11) is 1.93. The van der Waals surface area contributed by atoms with Crippen LogP contribution < -0.4 is 10.6 Å². The first-order valence-corrected chi connectivity index (χ1v) is 5.42. The molecule has 2 rings (SSSR count). The van der Waals surface area contributed by atoms with Gasteiger partial charge in [0.15, 0.2) is 0 Å². The molecule has 1 aromatic carbocycles. The second-order valence-corrected chi connectivity index (χ2v) is 3.96. The van der Waals surface area contributed by atoms with Crippen LogP contribution >= 0.6 is 0 Å². The van der Waals surface area contributed by atoms with Crippen molar-refractivity contribution in [3.8, 4) is 0 Å². The third-order valence-corrected chi connectivity index (χ3v) is 2.60. The minimum absolute atomic E-state index is 0.231. The molecule has 3 nitrogen and oxygen atoms in total. The van der Waals surface area contributed by atoms with Crippen LogP contribution in [-0.4, -0.2) is 7.05 Å². The maximum atomic E-state index is 12.8. The lowest BCUT2D eigenvalue weighted by atomic mass is 10.2. The molecule has 0 fully saturated rings. The summed E-state index contributed by atoms with van der Waals surface area (Å²) in [5.74, 6) is 0.614. The van der Waals surface area contributed by atoms with E-state index in [1.165, 1.54) is 12.1 Å². The van der Waals surface area contributed by atoms with Crippen LogP contribution in [0.4, 0.5) is 10.1 Å². The summed E-state index contributed by atoms with van der Waals surface area (Å²) >= 11 is 0. The van der Waals surface area contributed by atoms with Gasteiger partial charge in [0.2, 0.25) is 0 Å². The van der Waals surface area contributed by atoms with Gasteiger partial charge in [-0.2, -0.15) is 0 Å². The average molecular weight is 234 g/mol. The summed E-state index contributed by atoms with van der Waals surface area (Å²) < 4.78 is 18.2. The van der Waals surface area contributed by atoms with E-state index in [1.54, 1.807) is 18.4 Å². The molecule has 0 aliphatic carbocycles. The van der Waals surface area contributed by atoms with E-state index < -0.39 is 0 Å². The number of hydrogen-bond donors (Lipinski definition) is 1. The van der Waals surface area contributed by atoms with E-state index in [1.807, 2.05) is 18.0 Å². The van der Waals surface area contributed by atoms with Crippen LogP contribution in [0.25, 0.3) is 0 Å². The van der Waals surface area contributed by atoms with E-state index in [2.05, 4.69) is 0 Å². The molecule has 0 saturated carbocycles. The van der Waals surface area contributed by atoms with Gasteiger partial charge in [-0.3, -0.25) is 0 Å². The topological polar surface area (TPSA) is 42.4 Å². The molecule has 2 aromatic rings. The molecule has 0 bridgehead atoms. The van der Waals surface area contributed by atoms with Gasteiger partial charge in [-0.15, -0.1) is 0 Å². The largest absolute Gasteiger partial charge is 0.467 e. The Kier molecular flexibility index (Phi) is 3.44. The summed E-state index contributed by atoms with van der Waals surface area (Å²) in [6.07, 6.45) is 1.66. The maximum Gasteiger partial charge on any atom is 0.123 e. The Balaban J connectivity index is 2.05. The van der Waals surface area contributed by atoms with Gasteiger partial charge in [-0.25, -0.2) is 4.39 Å². The molecule has 0 saturated heterocycles. The smallest absolute Gasteiger partial charge is 0.123 e. The highest BCUT2D eigenvalue weighted by molar-refractivity contribution is 5.45.